The van der Waals surface area contributed by atoms with E-state index < -0.39 is 0 Å². The highest BCUT2D eigenvalue weighted by Crippen LogP contribution is 2.30. The van der Waals surface area contributed by atoms with Gasteiger partial charge in [0.25, 0.3) is 5.91 Å². The largest absolute Gasteiger partial charge is 0.371 e. The van der Waals surface area contributed by atoms with Gasteiger partial charge in [-0.2, -0.15) is 0 Å². The lowest BCUT2D eigenvalue weighted by atomic mass is 10.0. The maximum absolute atomic E-state index is 14.0. The number of fused-ring (bicyclic) bond motifs is 1. The first-order chi connectivity index (χ1) is 17.0. The van der Waals surface area contributed by atoms with E-state index in [-0.39, 0.29) is 17.7 Å². The molecule has 2 aromatic rings. The van der Waals surface area contributed by atoms with Gasteiger partial charge in [-0.15, -0.1) is 0 Å². The van der Waals surface area contributed by atoms with Crippen LogP contribution in [-0.4, -0.2) is 42.9 Å². The first-order valence-corrected chi connectivity index (χ1v) is 13.5. The predicted octanol–water partition coefficient (Wildman–Crippen LogP) is 6.19. The molecule has 0 radical (unpaired) electrons. The molecule has 0 spiro atoms. The molecule has 2 aromatic carbocycles. The van der Waals surface area contributed by atoms with E-state index in [1.54, 1.807) is 0 Å². The van der Waals surface area contributed by atoms with Crippen LogP contribution in [0.3, 0.4) is 0 Å². The van der Waals surface area contributed by atoms with Gasteiger partial charge in [0.2, 0.25) is 5.91 Å². The summed E-state index contributed by atoms with van der Waals surface area (Å²) in [6.45, 7) is 10.1. The molecule has 0 N–H and O–H groups in total. The predicted molar refractivity (Wildman–Crippen MR) is 144 cm³/mol. The lowest BCUT2D eigenvalue weighted by molar-refractivity contribution is -0.121. The number of rotatable bonds is 3. The highest BCUT2D eigenvalue weighted by molar-refractivity contribution is 5.98. The molecule has 1 saturated heterocycles. The summed E-state index contributed by atoms with van der Waals surface area (Å²) >= 11 is 0. The number of carbonyl (C=O) groups is 2. The second-order valence-electron chi connectivity index (χ2n) is 10.4. The lowest BCUT2D eigenvalue weighted by Crippen LogP contribution is -2.37. The zero-order valence-corrected chi connectivity index (χ0v) is 21.8. The molecule has 1 fully saturated rings. The summed E-state index contributed by atoms with van der Waals surface area (Å²) < 4.78 is 0. The summed E-state index contributed by atoms with van der Waals surface area (Å²) in [7, 11) is 0. The van der Waals surface area contributed by atoms with Gasteiger partial charge in [0.05, 0.1) is 0 Å². The molecule has 2 aliphatic rings. The number of hydrogen-bond donors (Lipinski definition) is 0. The van der Waals surface area contributed by atoms with Crippen LogP contribution in [0.2, 0.25) is 0 Å². The summed E-state index contributed by atoms with van der Waals surface area (Å²) in [5, 5.41) is 0. The van der Waals surface area contributed by atoms with E-state index in [2.05, 4.69) is 24.0 Å². The molecular formula is C30H41N3O2. The standard InChI is InChI=1S/C30H41N3O2/c1-23(2)29(34)33-21-10-6-4-5-9-20-32(22-25-14-7-8-16-28(25)33)30(35)26-15-13-17-27(24(26)3)31-18-11-12-19-31/h7-8,13-17,23H,4-6,9-12,18-22H2,1-3H3. The topological polar surface area (TPSA) is 43.9 Å². The molecule has 0 aromatic heterocycles. The first-order valence-electron chi connectivity index (χ1n) is 13.5. The van der Waals surface area contributed by atoms with Gasteiger partial charge in [-0.25, -0.2) is 0 Å². The summed E-state index contributed by atoms with van der Waals surface area (Å²) in [5.74, 6) is 0.184. The van der Waals surface area contributed by atoms with Gasteiger partial charge in [0.15, 0.2) is 0 Å². The SMILES string of the molecule is Cc1c(C(=O)N2CCCCCCCN(C(=O)C(C)C)c3ccccc3C2)cccc1N1CCCC1. The minimum absolute atomic E-state index is 0.0651. The number of benzene rings is 2. The number of anilines is 2. The third-order valence-electron chi connectivity index (χ3n) is 7.48. The number of amides is 2. The fraction of sp³-hybridized carbons (Fsp3) is 0.533. The van der Waals surface area contributed by atoms with Crippen LogP contribution in [0.1, 0.15) is 80.3 Å². The Morgan fingerprint density at radius 3 is 2.11 bits per heavy atom. The second kappa shape index (κ2) is 11.7. The Balaban J connectivity index is 1.67. The Labute approximate surface area is 211 Å². The minimum Gasteiger partial charge on any atom is -0.371 e. The number of hydrogen-bond acceptors (Lipinski definition) is 3. The fourth-order valence-corrected chi connectivity index (χ4v) is 5.46. The van der Waals surface area contributed by atoms with Crippen LogP contribution in [0, 0.1) is 12.8 Å². The van der Waals surface area contributed by atoms with E-state index in [1.807, 2.05) is 54.0 Å². The van der Waals surface area contributed by atoms with Crippen molar-refractivity contribution in [1.82, 2.24) is 4.90 Å². The smallest absolute Gasteiger partial charge is 0.254 e. The average Bonchev–Trinajstić information content (AvgIpc) is 3.38. The van der Waals surface area contributed by atoms with Gasteiger partial charge in [0.1, 0.15) is 0 Å². The Hall–Kier alpha value is -2.82. The Morgan fingerprint density at radius 1 is 0.743 bits per heavy atom. The molecule has 2 amide bonds. The highest BCUT2D eigenvalue weighted by Gasteiger charge is 2.25. The monoisotopic (exact) mass is 475 g/mol. The van der Waals surface area contributed by atoms with Crippen LogP contribution in [0.4, 0.5) is 11.4 Å². The third-order valence-corrected chi connectivity index (χ3v) is 7.48. The Morgan fingerprint density at radius 2 is 1.37 bits per heavy atom. The quantitative estimate of drug-likeness (QED) is 0.532. The molecule has 35 heavy (non-hydrogen) atoms. The van der Waals surface area contributed by atoms with Gasteiger partial charge in [-0.1, -0.05) is 57.4 Å². The summed E-state index contributed by atoms with van der Waals surface area (Å²) in [5.41, 5.74) is 5.07. The zero-order chi connectivity index (χ0) is 24.8. The molecule has 0 saturated carbocycles. The summed E-state index contributed by atoms with van der Waals surface area (Å²) in [4.78, 5) is 33.5. The molecule has 5 heteroatoms. The summed E-state index contributed by atoms with van der Waals surface area (Å²) in [6, 6.07) is 14.3. The van der Waals surface area contributed by atoms with Crippen molar-refractivity contribution >= 4 is 23.2 Å². The maximum atomic E-state index is 14.0. The van der Waals surface area contributed by atoms with Gasteiger partial charge in [-0.3, -0.25) is 9.59 Å². The van der Waals surface area contributed by atoms with Crippen LogP contribution in [0.15, 0.2) is 42.5 Å². The molecule has 5 nitrogen and oxygen atoms in total. The Kier molecular flexibility index (Phi) is 8.48. The van der Waals surface area contributed by atoms with Crippen LogP contribution in [0.5, 0.6) is 0 Å². The van der Waals surface area contributed by atoms with E-state index in [0.717, 1.165) is 80.7 Å². The molecule has 0 bridgehead atoms. The van der Waals surface area contributed by atoms with E-state index in [0.29, 0.717) is 6.54 Å². The molecule has 0 unspecified atom stereocenters. The van der Waals surface area contributed by atoms with Gasteiger partial charge < -0.3 is 14.7 Å². The van der Waals surface area contributed by atoms with Crippen LogP contribution in [-0.2, 0) is 11.3 Å². The zero-order valence-electron chi connectivity index (χ0n) is 21.8. The van der Waals surface area contributed by atoms with Gasteiger partial charge in [0, 0.05) is 55.6 Å². The normalized spacial score (nSPS) is 17.7. The molecule has 2 aliphatic heterocycles. The number of para-hydroxylation sites is 1. The van der Waals surface area contributed by atoms with Crippen LogP contribution in [0.25, 0.3) is 0 Å². The minimum atomic E-state index is -0.0651. The van der Waals surface area contributed by atoms with Crippen molar-refractivity contribution in [2.24, 2.45) is 5.92 Å². The van der Waals surface area contributed by atoms with Crippen molar-refractivity contribution in [3.05, 3.63) is 59.2 Å². The molecule has 0 atom stereocenters. The Bertz CT molecular complexity index is 1030. The number of carbonyl (C=O) groups excluding carboxylic acids is 2. The van der Waals surface area contributed by atoms with Crippen molar-refractivity contribution < 1.29 is 9.59 Å². The molecule has 4 rings (SSSR count). The lowest BCUT2D eigenvalue weighted by Gasteiger charge is -2.31. The molecule has 2 heterocycles. The van der Waals surface area contributed by atoms with E-state index in [1.165, 1.54) is 18.5 Å². The molecule has 0 aliphatic carbocycles. The number of nitrogens with zero attached hydrogens (tertiary/aromatic N) is 3. The highest BCUT2D eigenvalue weighted by atomic mass is 16.2. The average molecular weight is 476 g/mol. The van der Waals surface area contributed by atoms with E-state index in [9.17, 15) is 9.59 Å². The van der Waals surface area contributed by atoms with Crippen molar-refractivity contribution in [1.29, 1.82) is 0 Å². The maximum Gasteiger partial charge on any atom is 0.254 e. The fourth-order valence-electron chi connectivity index (χ4n) is 5.46. The second-order valence-corrected chi connectivity index (χ2v) is 10.4. The van der Waals surface area contributed by atoms with Gasteiger partial charge in [-0.05, 0) is 61.9 Å². The summed E-state index contributed by atoms with van der Waals surface area (Å²) in [6.07, 6.45) is 7.80. The molecular weight excluding hydrogens is 434 g/mol. The van der Waals surface area contributed by atoms with Crippen LogP contribution >= 0.6 is 0 Å². The molecule has 188 valence electrons. The van der Waals surface area contributed by atoms with Crippen molar-refractivity contribution in [2.45, 2.75) is 72.3 Å². The first kappa shape index (κ1) is 25.3. The van der Waals surface area contributed by atoms with Crippen molar-refractivity contribution in [3.8, 4) is 0 Å². The van der Waals surface area contributed by atoms with E-state index in [4.69, 9.17) is 0 Å². The van der Waals surface area contributed by atoms with E-state index >= 15 is 0 Å². The van der Waals surface area contributed by atoms with Crippen molar-refractivity contribution in [2.75, 3.05) is 36.0 Å². The van der Waals surface area contributed by atoms with Gasteiger partial charge >= 0.3 is 0 Å². The third kappa shape index (κ3) is 5.88. The van der Waals surface area contributed by atoms with Crippen LogP contribution < -0.4 is 9.80 Å². The van der Waals surface area contributed by atoms with Crippen molar-refractivity contribution in [3.63, 3.8) is 0 Å².